The van der Waals surface area contributed by atoms with E-state index in [-0.39, 0.29) is 6.10 Å². The molecule has 0 aromatic heterocycles. The molecule has 1 amide bonds. The zero-order chi connectivity index (χ0) is 15.4. The highest BCUT2D eigenvalue weighted by Gasteiger charge is 2.22. The van der Waals surface area contributed by atoms with Crippen LogP contribution in [0.4, 0.5) is 11.4 Å². The van der Waals surface area contributed by atoms with Crippen molar-refractivity contribution in [3.8, 4) is 5.75 Å². The van der Waals surface area contributed by atoms with Crippen LogP contribution in [0, 0.1) is 0 Å². The number of ether oxygens (including phenoxy) is 1. The minimum Gasteiger partial charge on any atom is -0.489 e. The highest BCUT2D eigenvalue weighted by molar-refractivity contribution is 5.77. The first-order valence-corrected chi connectivity index (χ1v) is 7.51. The zero-order valence-corrected chi connectivity index (χ0v) is 13.2. The van der Waals surface area contributed by atoms with Crippen LogP contribution in [0.1, 0.15) is 27.7 Å². The van der Waals surface area contributed by atoms with Gasteiger partial charge in [0.25, 0.3) is 0 Å². The second-order valence-corrected chi connectivity index (χ2v) is 5.98. The van der Waals surface area contributed by atoms with Crippen LogP contribution in [-0.4, -0.2) is 37.7 Å². The van der Waals surface area contributed by atoms with Gasteiger partial charge in [0.1, 0.15) is 5.75 Å². The number of benzene rings is 1. The lowest BCUT2D eigenvalue weighted by atomic mass is 10.1. The fraction of sp³-hybridized carbons (Fsp3) is 0.562. The van der Waals surface area contributed by atoms with E-state index in [1.54, 1.807) is 0 Å². The molecule has 116 valence electrons. The lowest BCUT2D eigenvalue weighted by molar-refractivity contribution is -0.105. The van der Waals surface area contributed by atoms with Crippen LogP contribution < -0.4 is 20.3 Å². The number of piperazine rings is 1. The molecule has 21 heavy (non-hydrogen) atoms. The predicted molar refractivity (Wildman–Crippen MR) is 86.2 cm³/mol. The summed E-state index contributed by atoms with van der Waals surface area (Å²) < 4.78 is 5.82. The van der Waals surface area contributed by atoms with E-state index < -0.39 is 0 Å². The van der Waals surface area contributed by atoms with Gasteiger partial charge in [0.2, 0.25) is 6.41 Å². The molecule has 2 N–H and O–H groups in total. The van der Waals surface area contributed by atoms with Gasteiger partial charge in [-0.1, -0.05) is 0 Å². The lowest BCUT2D eigenvalue weighted by Gasteiger charge is -2.38. The molecule has 2 rings (SSSR count). The van der Waals surface area contributed by atoms with Crippen LogP contribution in [0.5, 0.6) is 5.75 Å². The van der Waals surface area contributed by atoms with Gasteiger partial charge >= 0.3 is 0 Å². The molecule has 2 atom stereocenters. The van der Waals surface area contributed by atoms with E-state index in [0.29, 0.717) is 29.9 Å². The number of nitrogens with zero attached hydrogens (tertiary/aromatic N) is 1. The molecule has 0 unspecified atom stereocenters. The summed E-state index contributed by atoms with van der Waals surface area (Å²) in [5.41, 5.74) is 1.83. The summed E-state index contributed by atoms with van der Waals surface area (Å²) in [6.07, 6.45) is 0.741. The SMILES string of the molecule is CC(C)Oc1cc(N2C[C@@H](C)N[C@@H](C)C2)ccc1NC=O. The maximum absolute atomic E-state index is 10.7. The number of hydrogen-bond donors (Lipinski definition) is 2. The molecular formula is C16H25N3O2. The van der Waals surface area contributed by atoms with Crippen molar-refractivity contribution in [2.75, 3.05) is 23.3 Å². The summed E-state index contributed by atoms with van der Waals surface area (Å²) in [5, 5.41) is 6.22. The van der Waals surface area contributed by atoms with E-state index >= 15 is 0 Å². The van der Waals surface area contributed by atoms with Crippen molar-refractivity contribution in [3.63, 3.8) is 0 Å². The summed E-state index contributed by atoms with van der Waals surface area (Å²) in [6.45, 7) is 10.3. The van der Waals surface area contributed by atoms with Crippen LogP contribution in [0.15, 0.2) is 18.2 Å². The van der Waals surface area contributed by atoms with Crippen LogP contribution in [0.25, 0.3) is 0 Å². The van der Waals surface area contributed by atoms with Gasteiger partial charge in [-0.15, -0.1) is 0 Å². The molecule has 5 nitrogen and oxygen atoms in total. The Kier molecular flexibility index (Phi) is 5.07. The van der Waals surface area contributed by atoms with E-state index in [9.17, 15) is 4.79 Å². The van der Waals surface area contributed by atoms with Crippen LogP contribution in [-0.2, 0) is 4.79 Å². The second kappa shape index (κ2) is 6.80. The quantitative estimate of drug-likeness (QED) is 0.817. The highest BCUT2D eigenvalue weighted by atomic mass is 16.5. The number of amides is 1. The van der Waals surface area contributed by atoms with Gasteiger partial charge in [-0.05, 0) is 39.8 Å². The number of carbonyl (C=O) groups is 1. The molecular weight excluding hydrogens is 266 g/mol. The second-order valence-electron chi connectivity index (χ2n) is 5.98. The van der Waals surface area contributed by atoms with Crippen molar-refractivity contribution in [2.45, 2.75) is 45.9 Å². The topological polar surface area (TPSA) is 53.6 Å². The number of anilines is 2. The van der Waals surface area contributed by atoms with Crippen molar-refractivity contribution < 1.29 is 9.53 Å². The molecule has 0 aliphatic carbocycles. The Morgan fingerprint density at radius 2 is 2.00 bits per heavy atom. The average Bonchev–Trinajstić information content (AvgIpc) is 2.39. The molecule has 1 saturated heterocycles. The number of hydrogen-bond acceptors (Lipinski definition) is 4. The number of rotatable bonds is 5. The third-order valence-corrected chi connectivity index (χ3v) is 3.46. The summed E-state index contributed by atoms with van der Waals surface area (Å²) in [7, 11) is 0. The molecule has 5 heteroatoms. The van der Waals surface area contributed by atoms with Crippen molar-refractivity contribution in [1.29, 1.82) is 0 Å². The molecule has 1 heterocycles. The Hall–Kier alpha value is -1.75. The maximum Gasteiger partial charge on any atom is 0.211 e. The van der Waals surface area contributed by atoms with Crippen molar-refractivity contribution >= 4 is 17.8 Å². The Morgan fingerprint density at radius 3 is 2.57 bits per heavy atom. The molecule has 1 fully saturated rings. The van der Waals surface area contributed by atoms with Gasteiger partial charge in [0.05, 0.1) is 11.8 Å². The number of carbonyl (C=O) groups excluding carboxylic acids is 1. The summed E-state index contributed by atoms with van der Waals surface area (Å²) in [4.78, 5) is 13.1. The maximum atomic E-state index is 10.7. The first kappa shape index (κ1) is 15.6. The molecule has 0 radical (unpaired) electrons. The van der Waals surface area contributed by atoms with Crippen molar-refractivity contribution in [3.05, 3.63) is 18.2 Å². The molecule has 0 spiro atoms. The Bertz CT molecular complexity index is 480. The van der Waals surface area contributed by atoms with E-state index in [4.69, 9.17) is 4.74 Å². The predicted octanol–water partition coefficient (Wildman–Crippen LogP) is 2.23. The van der Waals surface area contributed by atoms with E-state index in [1.165, 1.54) is 0 Å². The van der Waals surface area contributed by atoms with E-state index in [2.05, 4.69) is 29.4 Å². The van der Waals surface area contributed by atoms with E-state index in [0.717, 1.165) is 18.8 Å². The van der Waals surface area contributed by atoms with E-state index in [1.807, 2.05) is 32.0 Å². The molecule has 1 aliphatic heterocycles. The molecule has 0 bridgehead atoms. The minimum atomic E-state index is 0.0633. The molecule has 1 aromatic rings. The van der Waals surface area contributed by atoms with Crippen LogP contribution >= 0.6 is 0 Å². The Morgan fingerprint density at radius 1 is 1.33 bits per heavy atom. The van der Waals surface area contributed by atoms with Crippen LogP contribution in [0.3, 0.4) is 0 Å². The third-order valence-electron chi connectivity index (χ3n) is 3.46. The summed E-state index contributed by atoms with van der Waals surface area (Å²) in [5.74, 6) is 0.716. The Balaban J connectivity index is 2.25. The van der Waals surface area contributed by atoms with Crippen molar-refractivity contribution in [1.82, 2.24) is 5.32 Å². The average molecular weight is 291 g/mol. The van der Waals surface area contributed by atoms with Gasteiger partial charge in [-0.3, -0.25) is 4.79 Å². The summed E-state index contributed by atoms with van der Waals surface area (Å²) >= 11 is 0. The van der Waals surface area contributed by atoms with Gasteiger partial charge in [-0.25, -0.2) is 0 Å². The fourth-order valence-electron chi connectivity index (χ4n) is 2.78. The van der Waals surface area contributed by atoms with Gasteiger partial charge < -0.3 is 20.3 Å². The largest absolute Gasteiger partial charge is 0.489 e. The van der Waals surface area contributed by atoms with Gasteiger partial charge in [0.15, 0.2) is 0 Å². The normalized spacial score (nSPS) is 22.2. The third kappa shape index (κ3) is 4.11. The molecule has 1 aliphatic rings. The zero-order valence-electron chi connectivity index (χ0n) is 13.2. The van der Waals surface area contributed by atoms with Crippen molar-refractivity contribution in [2.24, 2.45) is 0 Å². The van der Waals surface area contributed by atoms with Crippen LogP contribution in [0.2, 0.25) is 0 Å². The minimum absolute atomic E-state index is 0.0633. The number of nitrogens with one attached hydrogen (secondary N) is 2. The van der Waals surface area contributed by atoms with Gasteiger partial charge in [-0.2, -0.15) is 0 Å². The fourth-order valence-corrected chi connectivity index (χ4v) is 2.78. The Labute approximate surface area is 126 Å². The highest BCUT2D eigenvalue weighted by Crippen LogP contribution is 2.31. The summed E-state index contributed by atoms with van der Waals surface area (Å²) in [6, 6.07) is 6.85. The monoisotopic (exact) mass is 291 g/mol. The standard InChI is InChI=1S/C16H25N3O2/c1-11(2)21-16-7-14(5-6-15(16)17-10-20)19-8-12(3)18-13(4)9-19/h5-7,10-13,18H,8-9H2,1-4H3,(H,17,20)/t12-,13+. The smallest absolute Gasteiger partial charge is 0.211 e. The molecule has 0 saturated carbocycles. The first-order valence-electron chi connectivity index (χ1n) is 7.51. The lowest BCUT2D eigenvalue weighted by Crippen LogP contribution is -2.54. The van der Waals surface area contributed by atoms with Gasteiger partial charge in [0, 0.05) is 36.9 Å². The molecule has 1 aromatic carbocycles. The first-order chi connectivity index (χ1) is 9.99.